The van der Waals surface area contributed by atoms with Gasteiger partial charge in [0.1, 0.15) is 6.33 Å². The van der Waals surface area contributed by atoms with E-state index in [1.165, 1.54) is 0 Å². The molecule has 0 radical (unpaired) electrons. The van der Waals surface area contributed by atoms with Gasteiger partial charge in [-0.05, 0) is 17.7 Å². The maximum Gasteiger partial charge on any atom is 0.356 e. The molecule has 6 heteroatoms. The van der Waals surface area contributed by atoms with Gasteiger partial charge in [0.25, 0.3) is 0 Å². The van der Waals surface area contributed by atoms with Crippen molar-refractivity contribution in [2.24, 2.45) is 0 Å². The quantitative estimate of drug-likeness (QED) is 0.474. The van der Waals surface area contributed by atoms with Crippen molar-refractivity contribution in [2.75, 3.05) is 6.61 Å². The molecule has 0 saturated carbocycles. The fourth-order valence-electron chi connectivity index (χ4n) is 1.07. The van der Waals surface area contributed by atoms with Crippen LogP contribution < -0.4 is 5.48 Å². The third kappa shape index (κ3) is 4.99. The van der Waals surface area contributed by atoms with E-state index in [9.17, 15) is 9.18 Å². The topological polar surface area (TPSA) is 58.6 Å². The van der Waals surface area contributed by atoms with E-state index in [2.05, 4.69) is 0 Å². The first-order chi connectivity index (χ1) is 8.63. The number of carbonyl (C=O) groups is 1. The van der Waals surface area contributed by atoms with E-state index in [1.54, 1.807) is 30.4 Å². The van der Waals surface area contributed by atoms with E-state index in [4.69, 9.17) is 21.5 Å². The molecule has 1 aromatic carbocycles. The number of carboxylic acid groups (broad SMARTS) is 1. The highest BCUT2D eigenvalue weighted by Crippen LogP contribution is 2.11. The van der Waals surface area contributed by atoms with Crippen molar-refractivity contribution in [1.82, 2.24) is 5.48 Å². The molecule has 0 saturated heterocycles. The molecule has 0 heterocycles. The molecule has 0 aliphatic rings. The lowest BCUT2D eigenvalue weighted by molar-refractivity contribution is -0.134. The van der Waals surface area contributed by atoms with E-state index in [0.717, 1.165) is 5.56 Å². The normalized spacial score (nSPS) is 11.8. The number of nitrogens with one attached hydrogen (secondary N) is 1. The van der Waals surface area contributed by atoms with Crippen molar-refractivity contribution in [2.45, 2.75) is 0 Å². The summed E-state index contributed by atoms with van der Waals surface area (Å²) in [5.41, 5.74) is 2.19. The van der Waals surface area contributed by atoms with Gasteiger partial charge in [0.2, 0.25) is 0 Å². The van der Waals surface area contributed by atoms with E-state index in [1.807, 2.05) is 11.5 Å². The van der Waals surface area contributed by atoms with Crippen LogP contribution in [0.25, 0.3) is 6.08 Å². The number of hydroxylamine groups is 1. The summed E-state index contributed by atoms with van der Waals surface area (Å²) in [6.45, 7) is 0.0805. The van der Waals surface area contributed by atoms with Gasteiger partial charge in [-0.1, -0.05) is 35.9 Å². The van der Waals surface area contributed by atoms with E-state index in [-0.39, 0.29) is 12.9 Å². The summed E-state index contributed by atoms with van der Waals surface area (Å²) in [5.74, 6) is -1.43. The molecule has 0 bridgehead atoms. The molecule has 0 aromatic heterocycles. The second-order valence-corrected chi connectivity index (χ2v) is 3.63. The smallest absolute Gasteiger partial charge is 0.356 e. The molecule has 0 aliphatic heterocycles. The van der Waals surface area contributed by atoms with Crippen LogP contribution in [-0.4, -0.2) is 17.7 Å². The van der Waals surface area contributed by atoms with Crippen molar-refractivity contribution < 1.29 is 19.1 Å². The van der Waals surface area contributed by atoms with Gasteiger partial charge in [0.05, 0.1) is 6.61 Å². The van der Waals surface area contributed by atoms with Gasteiger partial charge in [0, 0.05) is 5.02 Å². The van der Waals surface area contributed by atoms with Crippen LogP contribution in [0.5, 0.6) is 0 Å². The van der Waals surface area contributed by atoms with Gasteiger partial charge >= 0.3 is 5.97 Å². The predicted molar refractivity (Wildman–Crippen MR) is 66.4 cm³/mol. The van der Waals surface area contributed by atoms with Crippen molar-refractivity contribution in [3.63, 3.8) is 0 Å². The summed E-state index contributed by atoms with van der Waals surface area (Å²) in [6.07, 6.45) is 3.30. The minimum Gasteiger partial charge on any atom is -0.476 e. The van der Waals surface area contributed by atoms with Gasteiger partial charge in [0.15, 0.2) is 5.70 Å². The standard InChI is InChI=1S/C12H11ClFNO3/c13-10-5-1-3-9(7-10)4-2-6-18-15-11(8-14)12(16)17/h1-5,7-8,15H,6H2,(H,16,17). The van der Waals surface area contributed by atoms with Crippen LogP contribution in [-0.2, 0) is 9.63 Å². The molecule has 18 heavy (non-hydrogen) atoms. The average Bonchev–Trinajstić information content (AvgIpc) is 2.33. The van der Waals surface area contributed by atoms with Crippen LogP contribution in [0.4, 0.5) is 4.39 Å². The first-order valence-electron chi connectivity index (χ1n) is 4.97. The van der Waals surface area contributed by atoms with Crippen LogP contribution in [0.15, 0.2) is 42.4 Å². The molecule has 96 valence electrons. The summed E-state index contributed by atoms with van der Waals surface area (Å²) < 4.78 is 12.0. The minimum atomic E-state index is -1.43. The minimum absolute atomic E-state index is 0.0803. The van der Waals surface area contributed by atoms with Crippen molar-refractivity contribution in [3.05, 3.63) is 53.0 Å². The summed E-state index contributed by atoms with van der Waals surface area (Å²) >= 11 is 5.79. The third-order valence-corrected chi connectivity index (χ3v) is 2.10. The highest BCUT2D eigenvalue weighted by Gasteiger charge is 2.05. The Bertz CT molecular complexity index is 474. The van der Waals surface area contributed by atoms with E-state index >= 15 is 0 Å². The van der Waals surface area contributed by atoms with E-state index < -0.39 is 11.7 Å². The first kappa shape index (κ1) is 14.2. The Morgan fingerprint density at radius 1 is 1.56 bits per heavy atom. The second-order valence-electron chi connectivity index (χ2n) is 3.20. The molecule has 0 amide bonds. The van der Waals surface area contributed by atoms with E-state index in [0.29, 0.717) is 5.02 Å². The summed E-state index contributed by atoms with van der Waals surface area (Å²) in [6, 6.07) is 7.16. The summed E-state index contributed by atoms with van der Waals surface area (Å²) in [4.78, 5) is 15.1. The highest BCUT2D eigenvalue weighted by molar-refractivity contribution is 6.30. The summed E-state index contributed by atoms with van der Waals surface area (Å²) in [5, 5.41) is 9.07. The number of rotatable bonds is 6. The molecule has 4 nitrogen and oxygen atoms in total. The lowest BCUT2D eigenvalue weighted by Crippen LogP contribution is -2.20. The molecule has 0 atom stereocenters. The number of hydrogen-bond donors (Lipinski definition) is 2. The number of aliphatic carboxylic acids is 1. The van der Waals surface area contributed by atoms with Crippen LogP contribution >= 0.6 is 11.6 Å². The Balaban J connectivity index is 2.36. The van der Waals surface area contributed by atoms with Crippen molar-refractivity contribution in [1.29, 1.82) is 0 Å². The van der Waals surface area contributed by atoms with Crippen LogP contribution in [0.3, 0.4) is 0 Å². The number of carboxylic acids is 1. The number of hydrogen-bond acceptors (Lipinski definition) is 3. The fourth-order valence-corrected chi connectivity index (χ4v) is 1.27. The lowest BCUT2D eigenvalue weighted by atomic mass is 10.2. The van der Waals surface area contributed by atoms with Gasteiger partial charge in [-0.25, -0.2) is 9.18 Å². The Hall–Kier alpha value is -1.85. The Morgan fingerprint density at radius 2 is 2.33 bits per heavy atom. The molecule has 2 N–H and O–H groups in total. The molecular formula is C12H11ClFNO3. The fraction of sp³-hybridized carbons (Fsp3) is 0.0833. The zero-order valence-corrected chi connectivity index (χ0v) is 10.0. The second kappa shape index (κ2) is 7.47. The third-order valence-electron chi connectivity index (χ3n) is 1.86. The maximum atomic E-state index is 12.0. The zero-order chi connectivity index (χ0) is 13.4. The van der Waals surface area contributed by atoms with Gasteiger partial charge in [-0.2, -0.15) is 0 Å². The molecule has 0 unspecified atom stereocenters. The van der Waals surface area contributed by atoms with Crippen molar-refractivity contribution >= 4 is 23.6 Å². The highest BCUT2D eigenvalue weighted by atomic mass is 35.5. The Kier molecular flexibility index (Phi) is 5.90. The number of halogens is 2. The maximum absolute atomic E-state index is 12.0. The Morgan fingerprint density at radius 3 is 2.94 bits per heavy atom. The lowest BCUT2D eigenvalue weighted by Gasteiger charge is -2.03. The van der Waals surface area contributed by atoms with Crippen LogP contribution in [0.1, 0.15) is 5.56 Å². The molecule has 0 aliphatic carbocycles. The Labute approximate surface area is 108 Å². The monoisotopic (exact) mass is 271 g/mol. The zero-order valence-electron chi connectivity index (χ0n) is 9.27. The van der Waals surface area contributed by atoms with Crippen LogP contribution in [0, 0.1) is 0 Å². The molecular weight excluding hydrogens is 261 g/mol. The first-order valence-corrected chi connectivity index (χ1v) is 5.35. The average molecular weight is 272 g/mol. The molecule has 0 fully saturated rings. The molecule has 1 aromatic rings. The predicted octanol–water partition coefficient (Wildman–Crippen LogP) is 2.77. The molecule has 1 rings (SSSR count). The van der Waals surface area contributed by atoms with Crippen molar-refractivity contribution in [3.8, 4) is 0 Å². The number of benzene rings is 1. The largest absolute Gasteiger partial charge is 0.476 e. The summed E-state index contributed by atoms with van der Waals surface area (Å²) in [7, 11) is 0. The van der Waals surface area contributed by atoms with Crippen LogP contribution in [0.2, 0.25) is 5.02 Å². The van der Waals surface area contributed by atoms with Gasteiger partial charge in [-0.3, -0.25) is 10.3 Å². The SMILES string of the molecule is O=C(O)C(=CF)NOCC=Cc1cccc(Cl)c1. The molecule has 0 spiro atoms. The van der Waals surface area contributed by atoms with Gasteiger partial charge in [-0.15, -0.1) is 0 Å². The van der Waals surface area contributed by atoms with Gasteiger partial charge < -0.3 is 5.11 Å².